The van der Waals surface area contributed by atoms with E-state index in [1.165, 1.54) is 0 Å². The summed E-state index contributed by atoms with van der Waals surface area (Å²) in [6.07, 6.45) is 1.79. The zero-order valence-corrected chi connectivity index (χ0v) is 13.1. The molecule has 3 N–H and O–H groups in total. The third kappa shape index (κ3) is 3.41. The Morgan fingerprint density at radius 2 is 2.22 bits per heavy atom. The zero-order chi connectivity index (χ0) is 16.4. The number of carbonyl (C=O) groups excluding carboxylic acids is 2. The van der Waals surface area contributed by atoms with Crippen LogP contribution in [0.2, 0.25) is 0 Å². The van der Waals surface area contributed by atoms with Gasteiger partial charge in [-0.15, -0.1) is 0 Å². The minimum Gasteiger partial charge on any atom is -0.366 e. The van der Waals surface area contributed by atoms with Gasteiger partial charge in [0.05, 0.1) is 0 Å². The number of likely N-dealkylation sites (tertiary alicyclic amines) is 1. The molecule has 0 radical (unpaired) electrons. The highest BCUT2D eigenvalue weighted by Crippen LogP contribution is 2.22. The standard InChI is InChI=1S/C17H20N4O2/c1-11-7-15(20-19-11)17(23)21-6-5-13(10-21)8-12-3-2-4-14(9-12)16(18)22/h2-4,7,9,13H,5-6,8,10H2,1H3,(H2,18,22)(H,19,20)/t13-/m0/s1. The molecule has 0 bridgehead atoms. The van der Waals surface area contributed by atoms with Crippen LogP contribution in [0.4, 0.5) is 0 Å². The molecule has 2 aromatic rings. The summed E-state index contributed by atoms with van der Waals surface area (Å²) in [5.41, 5.74) is 8.28. The topological polar surface area (TPSA) is 92.1 Å². The van der Waals surface area contributed by atoms with Crippen LogP contribution in [0.5, 0.6) is 0 Å². The van der Waals surface area contributed by atoms with Gasteiger partial charge in [0.2, 0.25) is 5.91 Å². The smallest absolute Gasteiger partial charge is 0.274 e. The van der Waals surface area contributed by atoms with E-state index in [2.05, 4.69) is 10.2 Å². The molecule has 1 fully saturated rings. The molecule has 0 spiro atoms. The minimum absolute atomic E-state index is 0.0252. The van der Waals surface area contributed by atoms with Gasteiger partial charge in [0.25, 0.3) is 5.91 Å². The number of rotatable bonds is 4. The van der Waals surface area contributed by atoms with Gasteiger partial charge in [-0.05, 0) is 49.4 Å². The van der Waals surface area contributed by atoms with Crippen LogP contribution in [0.15, 0.2) is 30.3 Å². The van der Waals surface area contributed by atoms with Crippen LogP contribution in [0, 0.1) is 12.8 Å². The van der Waals surface area contributed by atoms with Crippen LogP contribution in [0.3, 0.4) is 0 Å². The number of amides is 2. The number of nitrogens with zero attached hydrogens (tertiary/aromatic N) is 2. The fourth-order valence-electron chi connectivity index (χ4n) is 3.06. The number of carbonyl (C=O) groups is 2. The molecule has 6 nitrogen and oxygen atoms in total. The fourth-order valence-corrected chi connectivity index (χ4v) is 3.06. The molecule has 2 heterocycles. The predicted molar refractivity (Wildman–Crippen MR) is 86.0 cm³/mol. The Kier molecular flexibility index (Phi) is 4.14. The lowest BCUT2D eigenvalue weighted by molar-refractivity contribution is 0.0781. The summed E-state index contributed by atoms with van der Waals surface area (Å²) in [6, 6.07) is 9.17. The quantitative estimate of drug-likeness (QED) is 0.896. The first kappa shape index (κ1) is 15.3. The number of aryl methyl sites for hydroxylation is 1. The third-order valence-electron chi connectivity index (χ3n) is 4.23. The molecule has 1 aromatic carbocycles. The largest absolute Gasteiger partial charge is 0.366 e. The summed E-state index contributed by atoms with van der Waals surface area (Å²) >= 11 is 0. The lowest BCUT2D eigenvalue weighted by Crippen LogP contribution is -2.29. The molecule has 23 heavy (non-hydrogen) atoms. The maximum Gasteiger partial charge on any atom is 0.274 e. The van der Waals surface area contributed by atoms with Crippen molar-refractivity contribution in [3.63, 3.8) is 0 Å². The SMILES string of the molecule is Cc1cc(C(=O)N2CC[C@@H](Cc3cccc(C(N)=O)c3)C2)n[nH]1. The highest BCUT2D eigenvalue weighted by Gasteiger charge is 2.28. The average molecular weight is 312 g/mol. The van der Waals surface area contributed by atoms with Crippen molar-refractivity contribution in [1.29, 1.82) is 0 Å². The van der Waals surface area contributed by atoms with E-state index in [9.17, 15) is 9.59 Å². The van der Waals surface area contributed by atoms with Crippen LogP contribution in [0.25, 0.3) is 0 Å². The molecule has 1 aliphatic rings. The van der Waals surface area contributed by atoms with Gasteiger partial charge in [-0.1, -0.05) is 12.1 Å². The van der Waals surface area contributed by atoms with Crippen molar-refractivity contribution in [2.45, 2.75) is 19.8 Å². The molecule has 2 amide bonds. The van der Waals surface area contributed by atoms with Gasteiger partial charge in [0.1, 0.15) is 5.69 Å². The number of H-pyrrole nitrogens is 1. The molecule has 0 aliphatic carbocycles. The maximum atomic E-state index is 12.4. The van der Waals surface area contributed by atoms with Crippen molar-refractivity contribution in [2.24, 2.45) is 11.7 Å². The third-order valence-corrected chi connectivity index (χ3v) is 4.23. The lowest BCUT2D eigenvalue weighted by Gasteiger charge is -2.15. The first-order valence-electron chi connectivity index (χ1n) is 7.73. The zero-order valence-electron chi connectivity index (χ0n) is 13.1. The van der Waals surface area contributed by atoms with E-state index in [0.717, 1.165) is 30.6 Å². The van der Waals surface area contributed by atoms with E-state index in [4.69, 9.17) is 5.73 Å². The van der Waals surface area contributed by atoms with Gasteiger partial charge >= 0.3 is 0 Å². The Bertz CT molecular complexity index is 738. The van der Waals surface area contributed by atoms with E-state index in [1.807, 2.05) is 30.0 Å². The molecule has 1 atom stereocenters. The predicted octanol–water partition coefficient (Wildman–Crippen LogP) is 1.52. The van der Waals surface area contributed by atoms with Crippen molar-refractivity contribution in [3.05, 3.63) is 52.8 Å². The lowest BCUT2D eigenvalue weighted by atomic mass is 9.97. The summed E-state index contributed by atoms with van der Waals surface area (Å²) in [5, 5.41) is 6.83. The summed E-state index contributed by atoms with van der Waals surface area (Å²) in [7, 11) is 0. The average Bonchev–Trinajstić information content (AvgIpc) is 3.16. The molecule has 1 aliphatic heterocycles. The molecule has 120 valence electrons. The molecule has 3 rings (SSSR count). The van der Waals surface area contributed by atoms with E-state index in [-0.39, 0.29) is 5.91 Å². The van der Waals surface area contributed by atoms with Crippen molar-refractivity contribution >= 4 is 11.8 Å². The van der Waals surface area contributed by atoms with Gasteiger partial charge in [-0.25, -0.2) is 0 Å². The monoisotopic (exact) mass is 312 g/mol. The van der Waals surface area contributed by atoms with Gasteiger partial charge in [-0.3, -0.25) is 14.7 Å². The fraction of sp³-hybridized carbons (Fsp3) is 0.353. The Morgan fingerprint density at radius 3 is 2.91 bits per heavy atom. The molecule has 0 unspecified atom stereocenters. The number of benzene rings is 1. The summed E-state index contributed by atoms with van der Waals surface area (Å²) in [4.78, 5) is 25.5. The van der Waals surface area contributed by atoms with Crippen molar-refractivity contribution in [2.75, 3.05) is 13.1 Å². The normalized spacial score (nSPS) is 17.4. The van der Waals surface area contributed by atoms with Crippen LogP contribution in [-0.2, 0) is 6.42 Å². The second-order valence-electron chi connectivity index (χ2n) is 6.11. The summed E-state index contributed by atoms with van der Waals surface area (Å²) < 4.78 is 0. The van der Waals surface area contributed by atoms with Gasteiger partial charge in [-0.2, -0.15) is 5.10 Å². The van der Waals surface area contributed by atoms with Crippen LogP contribution in [0.1, 0.15) is 38.5 Å². The van der Waals surface area contributed by atoms with Crippen molar-refractivity contribution in [1.82, 2.24) is 15.1 Å². The summed E-state index contributed by atoms with van der Waals surface area (Å²) in [6.45, 7) is 3.33. The van der Waals surface area contributed by atoms with Crippen molar-refractivity contribution in [3.8, 4) is 0 Å². The van der Waals surface area contributed by atoms with E-state index >= 15 is 0 Å². The van der Waals surface area contributed by atoms with Crippen molar-refractivity contribution < 1.29 is 9.59 Å². The number of nitrogens with one attached hydrogen (secondary N) is 1. The molecule has 0 saturated carbocycles. The van der Waals surface area contributed by atoms with Gasteiger partial charge < -0.3 is 10.6 Å². The molecular formula is C17H20N4O2. The molecule has 6 heteroatoms. The molecule has 1 saturated heterocycles. The van der Waals surface area contributed by atoms with Crippen LogP contribution < -0.4 is 5.73 Å². The van der Waals surface area contributed by atoms with Gasteiger partial charge in [0, 0.05) is 24.3 Å². The van der Waals surface area contributed by atoms with Gasteiger partial charge in [0.15, 0.2) is 0 Å². The second kappa shape index (κ2) is 6.24. The number of nitrogens with two attached hydrogens (primary N) is 1. The van der Waals surface area contributed by atoms with Crippen LogP contribution >= 0.6 is 0 Å². The second-order valence-corrected chi connectivity index (χ2v) is 6.11. The van der Waals surface area contributed by atoms with E-state index in [0.29, 0.717) is 23.7 Å². The molecule has 1 aromatic heterocycles. The number of hydrogen-bond donors (Lipinski definition) is 2. The summed E-state index contributed by atoms with van der Waals surface area (Å²) in [5.74, 6) is -0.0474. The highest BCUT2D eigenvalue weighted by molar-refractivity contribution is 5.93. The highest BCUT2D eigenvalue weighted by atomic mass is 16.2. The Labute approximate surface area is 134 Å². The Hall–Kier alpha value is -2.63. The number of aromatic nitrogens is 2. The first-order chi connectivity index (χ1) is 11.0. The number of primary amides is 1. The van der Waals surface area contributed by atoms with Crippen LogP contribution in [-0.4, -0.2) is 40.0 Å². The number of hydrogen-bond acceptors (Lipinski definition) is 3. The van der Waals surface area contributed by atoms with E-state index in [1.54, 1.807) is 12.1 Å². The first-order valence-corrected chi connectivity index (χ1v) is 7.73. The minimum atomic E-state index is -0.413. The number of aromatic amines is 1. The maximum absolute atomic E-state index is 12.4. The Balaban J connectivity index is 1.63. The van der Waals surface area contributed by atoms with E-state index < -0.39 is 5.91 Å². The Morgan fingerprint density at radius 1 is 1.39 bits per heavy atom. The molecular weight excluding hydrogens is 292 g/mol.